The Morgan fingerprint density at radius 2 is 2.00 bits per heavy atom. The van der Waals surface area contributed by atoms with Crippen molar-refractivity contribution in [3.8, 4) is 6.07 Å². The number of ketones is 1. The molecule has 5 nitrogen and oxygen atoms in total. The van der Waals surface area contributed by atoms with Crippen LogP contribution in [0.1, 0.15) is 25.3 Å². The lowest BCUT2D eigenvalue weighted by atomic mass is 9.81. The van der Waals surface area contributed by atoms with Crippen LogP contribution in [-0.2, 0) is 9.59 Å². The van der Waals surface area contributed by atoms with Crippen LogP contribution in [-0.4, -0.2) is 17.4 Å². The van der Waals surface area contributed by atoms with Gasteiger partial charge in [0.15, 0.2) is 5.78 Å². The highest BCUT2D eigenvalue weighted by molar-refractivity contribution is 8.03. The van der Waals surface area contributed by atoms with Gasteiger partial charge in [-0.15, -0.1) is 0 Å². The van der Waals surface area contributed by atoms with Crippen LogP contribution in [0.2, 0.25) is 0 Å². The molecule has 3 N–H and O–H groups in total. The number of carbonyl (C=O) groups excluding carboxylic acids is 2. The Morgan fingerprint density at radius 1 is 1.38 bits per heavy atom. The fourth-order valence-electron chi connectivity index (χ4n) is 2.63. The second-order valence-electron chi connectivity index (χ2n) is 5.31. The van der Waals surface area contributed by atoms with Crippen LogP contribution >= 0.6 is 11.8 Å². The Kier molecular flexibility index (Phi) is 5.42. The minimum absolute atomic E-state index is 0.00629. The number of nitrogens with one attached hydrogen (secondary N) is 1. The second-order valence-corrected chi connectivity index (χ2v) is 6.30. The number of amides is 1. The fourth-order valence-corrected chi connectivity index (χ4v) is 3.46. The molecule has 2 rings (SSSR count). The number of rotatable bonds is 5. The molecule has 0 spiro atoms. The van der Waals surface area contributed by atoms with Crippen molar-refractivity contribution in [1.29, 1.82) is 5.26 Å². The summed E-state index contributed by atoms with van der Waals surface area (Å²) in [5, 5.41) is 13.1. The van der Waals surface area contributed by atoms with Gasteiger partial charge in [-0.25, -0.2) is 4.39 Å². The van der Waals surface area contributed by atoms with Gasteiger partial charge in [0.05, 0.1) is 28.3 Å². The van der Waals surface area contributed by atoms with Crippen molar-refractivity contribution < 1.29 is 14.0 Å². The first-order chi connectivity index (χ1) is 11.3. The third kappa shape index (κ3) is 3.66. The van der Waals surface area contributed by atoms with E-state index < -0.39 is 17.6 Å². The molecule has 0 saturated heterocycles. The van der Waals surface area contributed by atoms with Gasteiger partial charge in [0.1, 0.15) is 5.82 Å². The van der Waals surface area contributed by atoms with Gasteiger partial charge in [-0.1, -0.05) is 23.9 Å². The molecule has 0 radical (unpaired) electrons. The Balaban J connectivity index is 2.57. The highest BCUT2D eigenvalue weighted by atomic mass is 32.2. The third-order valence-electron chi connectivity index (χ3n) is 3.59. The fraction of sp³-hybridized carbons (Fsp3) is 0.235. The SMILES string of the molecule is CC(=O)C1=C(C)NC(SCC(N)=O)=C(C#N)C1c1ccc(F)cc1. The van der Waals surface area contributed by atoms with Crippen molar-refractivity contribution in [1.82, 2.24) is 5.32 Å². The lowest BCUT2D eigenvalue weighted by Crippen LogP contribution is -2.27. The molecule has 1 aliphatic rings. The van der Waals surface area contributed by atoms with Gasteiger partial charge in [0, 0.05) is 11.3 Å². The summed E-state index contributed by atoms with van der Waals surface area (Å²) in [5.74, 6) is -1.69. The molecule has 7 heteroatoms. The number of Topliss-reactive ketones (excluding diaryl/α,β-unsaturated/α-hetero) is 1. The predicted octanol–water partition coefficient (Wildman–Crippen LogP) is 2.33. The van der Waals surface area contributed by atoms with Crippen LogP contribution in [0.3, 0.4) is 0 Å². The highest BCUT2D eigenvalue weighted by Gasteiger charge is 2.33. The summed E-state index contributed by atoms with van der Waals surface area (Å²) >= 11 is 1.11. The van der Waals surface area contributed by atoms with Crippen LogP contribution in [0.4, 0.5) is 4.39 Å². The number of halogens is 1. The summed E-state index contributed by atoms with van der Waals surface area (Å²) in [6, 6.07) is 7.79. The average Bonchev–Trinajstić information content (AvgIpc) is 2.52. The lowest BCUT2D eigenvalue weighted by Gasteiger charge is -2.29. The van der Waals surface area contributed by atoms with Crippen LogP contribution in [0.5, 0.6) is 0 Å². The van der Waals surface area contributed by atoms with Gasteiger partial charge in [-0.3, -0.25) is 9.59 Å². The van der Waals surface area contributed by atoms with E-state index >= 15 is 0 Å². The van der Waals surface area contributed by atoms with Gasteiger partial charge in [0.25, 0.3) is 0 Å². The van der Waals surface area contributed by atoms with E-state index in [0.29, 0.717) is 27.4 Å². The zero-order chi connectivity index (χ0) is 17.9. The van der Waals surface area contributed by atoms with E-state index in [0.717, 1.165) is 11.8 Å². The van der Waals surface area contributed by atoms with Crippen LogP contribution in [0.15, 0.2) is 46.1 Å². The summed E-state index contributed by atoms with van der Waals surface area (Å²) in [4.78, 5) is 23.1. The molecular formula is C17H16FN3O2S. The average molecular weight is 345 g/mol. The topological polar surface area (TPSA) is 96.0 Å². The Labute approximate surface area is 143 Å². The minimum atomic E-state index is -0.607. The number of nitriles is 1. The summed E-state index contributed by atoms with van der Waals surface area (Å²) in [6.45, 7) is 3.15. The molecule has 1 aliphatic heterocycles. The molecule has 1 heterocycles. The Morgan fingerprint density at radius 3 is 2.50 bits per heavy atom. The number of benzene rings is 1. The summed E-state index contributed by atoms with van der Waals surface area (Å²) in [7, 11) is 0. The number of thioether (sulfide) groups is 1. The molecule has 0 saturated carbocycles. The molecule has 1 amide bonds. The normalized spacial score (nSPS) is 17.3. The summed E-state index contributed by atoms with van der Waals surface area (Å²) < 4.78 is 13.2. The summed E-state index contributed by atoms with van der Waals surface area (Å²) in [5.41, 5.74) is 7.16. The summed E-state index contributed by atoms with van der Waals surface area (Å²) in [6.07, 6.45) is 0. The highest BCUT2D eigenvalue weighted by Crippen LogP contribution is 2.40. The molecule has 0 bridgehead atoms. The van der Waals surface area contributed by atoms with Crippen molar-refractivity contribution >= 4 is 23.5 Å². The quantitative estimate of drug-likeness (QED) is 0.854. The van der Waals surface area contributed by atoms with E-state index in [2.05, 4.69) is 11.4 Å². The third-order valence-corrected chi connectivity index (χ3v) is 4.63. The van der Waals surface area contributed by atoms with E-state index in [-0.39, 0.29) is 11.5 Å². The van der Waals surface area contributed by atoms with E-state index in [4.69, 9.17) is 5.73 Å². The zero-order valence-corrected chi connectivity index (χ0v) is 14.0. The largest absolute Gasteiger partial charge is 0.369 e. The smallest absolute Gasteiger partial charge is 0.227 e. The Hall–Kier alpha value is -2.59. The molecule has 1 unspecified atom stereocenters. The van der Waals surface area contributed by atoms with Gasteiger partial charge < -0.3 is 11.1 Å². The first kappa shape index (κ1) is 17.8. The van der Waals surface area contributed by atoms with Crippen molar-refractivity contribution in [2.75, 3.05) is 5.75 Å². The van der Waals surface area contributed by atoms with Gasteiger partial charge in [0.2, 0.25) is 5.91 Å². The molecule has 0 aliphatic carbocycles. The molecule has 1 aromatic carbocycles. The maximum absolute atomic E-state index is 13.2. The van der Waals surface area contributed by atoms with E-state index in [1.54, 1.807) is 19.1 Å². The van der Waals surface area contributed by atoms with E-state index in [1.807, 2.05) is 0 Å². The number of dihydropyridines is 1. The molecule has 124 valence electrons. The van der Waals surface area contributed by atoms with Crippen molar-refractivity contribution in [3.63, 3.8) is 0 Å². The lowest BCUT2D eigenvalue weighted by molar-refractivity contribution is -0.115. The second kappa shape index (κ2) is 7.32. The molecule has 0 aromatic heterocycles. The molecule has 24 heavy (non-hydrogen) atoms. The maximum atomic E-state index is 13.2. The van der Waals surface area contributed by atoms with Crippen molar-refractivity contribution in [2.45, 2.75) is 19.8 Å². The Bertz CT molecular complexity index is 791. The van der Waals surface area contributed by atoms with Gasteiger partial charge >= 0.3 is 0 Å². The number of nitrogens with two attached hydrogens (primary N) is 1. The van der Waals surface area contributed by atoms with E-state index in [9.17, 15) is 19.2 Å². The number of carbonyl (C=O) groups is 2. The molecular weight excluding hydrogens is 329 g/mol. The van der Waals surface area contributed by atoms with Crippen LogP contribution in [0, 0.1) is 17.1 Å². The standard InChI is InChI=1S/C17H16FN3O2S/c1-9-15(10(2)22)16(11-3-5-12(18)6-4-11)13(7-19)17(21-9)24-8-14(20)23/h3-6,16,21H,8H2,1-2H3,(H2,20,23). The minimum Gasteiger partial charge on any atom is -0.369 e. The number of hydrogen-bond donors (Lipinski definition) is 2. The first-order valence-electron chi connectivity index (χ1n) is 7.14. The maximum Gasteiger partial charge on any atom is 0.227 e. The van der Waals surface area contributed by atoms with Crippen LogP contribution in [0.25, 0.3) is 0 Å². The predicted molar refractivity (Wildman–Crippen MR) is 89.9 cm³/mol. The number of allylic oxidation sites excluding steroid dienone is 3. The van der Waals surface area contributed by atoms with Crippen molar-refractivity contribution in [2.24, 2.45) is 5.73 Å². The van der Waals surface area contributed by atoms with Gasteiger partial charge in [-0.05, 0) is 31.5 Å². The monoisotopic (exact) mass is 345 g/mol. The van der Waals surface area contributed by atoms with Gasteiger partial charge in [-0.2, -0.15) is 5.26 Å². The molecule has 1 aromatic rings. The van der Waals surface area contributed by atoms with E-state index in [1.165, 1.54) is 19.1 Å². The first-order valence-corrected chi connectivity index (χ1v) is 8.13. The number of primary amides is 1. The number of hydrogen-bond acceptors (Lipinski definition) is 5. The number of nitrogens with zero attached hydrogens (tertiary/aromatic N) is 1. The molecule has 1 atom stereocenters. The zero-order valence-electron chi connectivity index (χ0n) is 13.2. The molecule has 0 fully saturated rings. The van der Waals surface area contributed by atoms with Crippen LogP contribution < -0.4 is 11.1 Å². The van der Waals surface area contributed by atoms with Crippen molar-refractivity contribution in [3.05, 3.63) is 57.5 Å².